The van der Waals surface area contributed by atoms with Crippen molar-refractivity contribution in [1.29, 1.82) is 0 Å². The standard InChI is InChI=1S/C14H22N2S/c1-16(9-10-17-2)11-12-5-3-7-14-13(12)6-4-8-15-14/h3,5,7,15H,4,6,8-11H2,1-2H3. The van der Waals surface area contributed by atoms with Crippen LogP contribution in [0.5, 0.6) is 0 Å². The Labute approximate surface area is 109 Å². The van der Waals surface area contributed by atoms with Gasteiger partial charge < -0.3 is 10.2 Å². The van der Waals surface area contributed by atoms with Crippen molar-refractivity contribution in [1.82, 2.24) is 4.90 Å². The van der Waals surface area contributed by atoms with Gasteiger partial charge in [-0.2, -0.15) is 11.8 Å². The quantitative estimate of drug-likeness (QED) is 0.865. The number of fused-ring (bicyclic) bond motifs is 1. The van der Waals surface area contributed by atoms with Crippen LogP contribution in [-0.4, -0.2) is 37.0 Å². The summed E-state index contributed by atoms with van der Waals surface area (Å²) >= 11 is 1.92. The summed E-state index contributed by atoms with van der Waals surface area (Å²) in [6.07, 6.45) is 4.66. The van der Waals surface area contributed by atoms with Crippen LogP contribution in [0.15, 0.2) is 18.2 Å². The monoisotopic (exact) mass is 250 g/mol. The molecule has 94 valence electrons. The van der Waals surface area contributed by atoms with Gasteiger partial charge in [0.2, 0.25) is 0 Å². The largest absolute Gasteiger partial charge is 0.385 e. The van der Waals surface area contributed by atoms with Crippen LogP contribution in [0.25, 0.3) is 0 Å². The zero-order chi connectivity index (χ0) is 12.1. The summed E-state index contributed by atoms with van der Waals surface area (Å²) in [7, 11) is 2.21. The maximum Gasteiger partial charge on any atom is 0.0375 e. The van der Waals surface area contributed by atoms with Gasteiger partial charge in [0.25, 0.3) is 0 Å². The third kappa shape index (κ3) is 3.39. The van der Waals surface area contributed by atoms with Crippen LogP contribution in [0, 0.1) is 0 Å². The van der Waals surface area contributed by atoms with Crippen LogP contribution in [-0.2, 0) is 13.0 Å². The van der Waals surface area contributed by atoms with Gasteiger partial charge in [0, 0.05) is 31.1 Å². The molecule has 0 spiro atoms. The van der Waals surface area contributed by atoms with E-state index in [1.165, 1.54) is 35.4 Å². The molecular weight excluding hydrogens is 228 g/mol. The summed E-state index contributed by atoms with van der Waals surface area (Å²) in [5.41, 5.74) is 4.39. The van der Waals surface area contributed by atoms with E-state index < -0.39 is 0 Å². The highest BCUT2D eigenvalue weighted by atomic mass is 32.2. The fourth-order valence-electron chi connectivity index (χ4n) is 2.35. The highest BCUT2D eigenvalue weighted by molar-refractivity contribution is 7.98. The Balaban J connectivity index is 2.05. The van der Waals surface area contributed by atoms with Gasteiger partial charge in [0.15, 0.2) is 0 Å². The minimum Gasteiger partial charge on any atom is -0.385 e. The first-order chi connectivity index (χ1) is 8.31. The van der Waals surface area contributed by atoms with E-state index >= 15 is 0 Å². The van der Waals surface area contributed by atoms with Crippen LogP contribution >= 0.6 is 11.8 Å². The van der Waals surface area contributed by atoms with E-state index in [0.29, 0.717) is 0 Å². The average molecular weight is 250 g/mol. The molecule has 1 aliphatic rings. The Hall–Kier alpha value is -0.670. The lowest BCUT2D eigenvalue weighted by Gasteiger charge is -2.23. The molecule has 0 saturated carbocycles. The molecule has 2 nitrogen and oxygen atoms in total. The highest BCUT2D eigenvalue weighted by Gasteiger charge is 2.13. The summed E-state index contributed by atoms with van der Waals surface area (Å²) in [5, 5.41) is 3.50. The Morgan fingerprint density at radius 3 is 3.12 bits per heavy atom. The Kier molecular flexibility index (Phi) is 4.75. The molecule has 0 aromatic heterocycles. The van der Waals surface area contributed by atoms with E-state index in [4.69, 9.17) is 0 Å². The molecule has 0 atom stereocenters. The van der Waals surface area contributed by atoms with E-state index in [1.54, 1.807) is 0 Å². The lowest BCUT2D eigenvalue weighted by atomic mass is 9.97. The predicted molar refractivity (Wildman–Crippen MR) is 78.0 cm³/mol. The van der Waals surface area contributed by atoms with Gasteiger partial charge in [-0.05, 0) is 43.3 Å². The molecule has 0 amide bonds. The van der Waals surface area contributed by atoms with Crippen LogP contribution in [0.4, 0.5) is 5.69 Å². The SMILES string of the molecule is CSCCN(C)Cc1cccc2c1CCCN2. The molecule has 0 fully saturated rings. The lowest BCUT2D eigenvalue weighted by Crippen LogP contribution is -2.22. The third-order valence-electron chi connectivity index (χ3n) is 3.31. The smallest absolute Gasteiger partial charge is 0.0375 e. The van der Waals surface area contributed by atoms with Gasteiger partial charge in [0.05, 0.1) is 0 Å². The maximum absolute atomic E-state index is 3.50. The molecule has 17 heavy (non-hydrogen) atoms. The normalized spacial score (nSPS) is 14.5. The Morgan fingerprint density at radius 1 is 1.41 bits per heavy atom. The second-order valence-corrected chi connectivity index (χ2v) is 5.69. The van der Waals surface area contributed by atoms with Crippen LogP contribution in [0.2, 0.25) is 0 Å². The highest BCUT2D eigenvalue weighted by Crippen LogP contribution is 2.25. The maximum atomic E-state index is 3.50. The number of benzene rings is 1. The molecule has 2 rings (SSSR count). The first-order valence-corrected chi connectivity index (χ1v) is 7.73. The Morgan fingerprint density at radius 2 is 2.29 bits per heavy atom. The van der Waals surface area contributed by atoms with Crippen LogP contribution < -0.4 is 5.32 Å². The molecule has 0 saturated heterocycles. The number of nitrogens with one attached hydrogen (secondary N) is 1. The summed E-state index contributed by atoms with van der Waals surface area (Å²) in [6, 6.07) is 6.66. The van der Waals surface area contributed by atoms with Crippen molar-refractivity contribution < 1.29 is 0 Å². The predicted octanol–water partition coefficient (Wildman–Crippen LogP) is 2.84. The molecule has 1 heterocycles. The first-order valence-electron chi connectivity index (χ1n) is 6.33. The van der Waals surface area contributed by atoms with Crippen molar-refractivity contribution in [2.45, 2.75) is 19.4 Å². The number of hydrogen-bond donors (Lipinski definition) is 1. The molecule has 0 bridgehead atoms. The second kappa shape index (κ2) is 6.31. The fraction of sp³-hybridized carbons (Fsp3) is 0.571. The van der Waals surface area contributed by atoms with E-state index in [2.05, 4.69) is 41.7 Å². The van der Waals surface area contributed by atoms with E-state index in [0.717, 1.165) is 19.6 Å². The van der Waals surface area contributed by atoms with E-state index in [9.17, 15) is 0 Å². The number of nitrogens with zero attached hydrogens (tertiary/aromatic N) is 1. The molecule has 1 aliphatic heterocycles. The minimum absolute atomic E-state index is 1.07. The molecule has 3 heteroatoms. The summed E-state index contributed by atoms with van der Waals surface area (Å²) in [4.78, 5) is 2.42. The number of rotatable bonds is 5. The van der Waals surface area contributed by atoms with Gasteiger partial charge in [-0.3, -0.25) is 0 Å². The molecule has 0 radical (unpaired) electrons. The van der Waals surface area contributed by atoms with Crippen molar-refractivity contribution >= 4 is 17.4 Å². The van der Waals surface area contributed by atoms with Gasteiger partial charge >= 0.3 is 0 Å². The Bertz CT molecular complexity index is 365. The summed E-state index contributed by atoms with van der Waals surface area (Å²) in [5.74, 6) is 1.21. The zero-order valence-electron chi connectivity index (χ0n) is 10.8. The van der Waals surface area contributed by atoms with Crippen LogP contribution in [0.1, 0.15) is 17.5 Å². The van der Waals surface area contributed by atoms with Gasteiger partial charge in [-0.25, -0.2) is 0 Å². The van der Waals surface area contributed by atoms with Crippen molar-refractivity contribution in [2.75, 3.05) is 37.5 Å². The molecule has 0 unspecified atom stereocenters. The van der Waals surface area contributed by atoms with Gasteiger partial charge in [-0.15, -0.1) is 0 Å². The number of anilines is 1. The van der Waals surface area contributed by atoms with Crippen molar-refractivity contribution in [3.05, 3.63) is 29.3 Å². The fourth-order valence-corrected chi connectivity index (χ4v) is 2.84. The summed E-state index contributed by atoms with van der Waals surface area (Å²) in [6.45, 7) is 3.36. The lowest BCUT2D eigenvalue weighted by molar-refractivity contribution is 0.347. The van der Waals surface area contributed by atoms with Gasteiger partial charge in [0.1, 0.15) is 0 Å². The first kappa shape index (κ1) is 12.8. The van der Waals surface area contributed by atoms with Crippen molar-refractivity contribution in [2.24, 2.45) is 0 Å². The molecule has 1 aromatic carbocycles. The zero-order valence-corrected chi connectivity index (χ0v) is 11.6. The number of thioether (sulfide) groups is 1. The van der Waals surface area contributed by atoms with E-state index in [-0.39, 0.29) is 0 Å². The van der Waals surface area contributed by atoms with Crippen molar-refractivity contribution in [3.63, 3.8) is 0 Å². The molecule has 1 N–H and O–H groups in total. The molecule has 1 aromatic rings. The second-order valence-electron chi connectivity index (χ2n) is 4.70. The van der Waals surface area contributed by atoms with Crippen molar-refractivity contribution in [3.8, 4) is 0 Å². The topological polar surface area (TPSA) is 15.3 Å². The third-order valence-corrected chi connectivity index (χ3v) is 3.90. The number of hydrogen-bond acceptors (Lipinski definition) is 3. The molecular formula is C14H22N2S. The van der Waals surface area contributed by atoms with Crippen LogP contribution in [0.3, 0.4) is 0 Å². The minimum atomic E-state index is 1.07. The van der Waals surface area contributed by atoms with E-state index in [1.807, 2.05) is 11.8 Å². The molecule has 0 aliphatic carbocycles. The van der Waals surface area contributed by atoms with Gasteiger partial charge in [-0.1, -0.05) is 12.1 Å². The summed E-state index contributed by atoms with van der Waals surface area (Å²) < 4.78 is 0. The average Bonchev–Trinajstić information content (AvgIpc) is 2.37.